The summed E-state index contributed by atoms with van der Waals surface area (Å²) in [5.41, 5.74) is -2.78. The van der Waals surface area contributed by atoms with Crippen molar-refractivity contribution in [1.82, 2.24) is 14.7 Å². The number of nitrogens with zero attached hydrogens (tertiary/aromatic N) is 3. The van der Waals surface area contributed by atoms with Gasteiger partial charge >= 0.3 is 5.51 Å². The number of ether oxygens (including phenoxy) is 2. The minimum atomic E-state index is -4.36. The van der Waals surface area contributed by atoms with Crippen molar-refractivity contribution in [3.63, 3.8) is 0 Å². The Morgan fingerprint density at radius 2 is 1.83 bits per heavy atom. The average molecular weight is 522 g/mol. The van der Waals surface area contributed by atoms with Gasteiger partial charge < -0.3 is 14.4 Å². The van der Waals surface area contributed by atoms with Gasteiger partial charge in [0.1, 0.15) is 5.75 Å². The van der Waals surface area contributed by atoms with E-state index in [1.165, 1.54) is 31.4 Å². The molecule has 0 atom stereocenters. The maximum absolute atomic E-state index is 12.7. The van der Waals surface area contributed by atoms with E-state index in [0.717, 1.165) is 5.39 Å². The van der Waals surface area contributed by atoms with Gasteiger partial charge in [-0.1, -0.05) is 0 Å². The van der Waals surface area contributed by atoms with E-state index < -0.39 is 5.51 Å². The summed E-state index contributed by atoms with van der Waals surface area (Å²) in [6, 6.07) is 8.99. The fourth-order valence-electron chi connectivity index (χ4n) is 4.26. The Morgan fingerprint density at radius 3 is 2.47 bits per heavy atom. The van der Waals surface area contributed by atoms with Crippen LogP contribution in [-0.4, -0.2) is 65.8 Å². The number of hydrogen-bond donors (Lipinski definition) is 0. The first-order chi connectivity index (χ1) is 17.2. The van der Waals surface area contributed by atoms with Crippen LogP contribution in [0.1, 0.15) is 33.6 Å². The molecule has 1 aliphatic rings. The Morgan fingerprint density at radius 1 is 1.11 bits per heavy atom. The standard InChI is InChI=1S/C25H26F3N3O4S/c1-34-11-3-4-22(32)19-9-10-21-20(23(19)35-2)15-31(29-21)14-16-12-30(13-16)24(33)17-5-7-18(8-6-17)36-25(26,27)28/h5-10,15-16H,3-4,11-14H2,1-2H3. The first-order valence-electron chi connectivity index (χ1n) is 11.4. The lowest BCUT2D eigenvalue weighted by Crippen LogP contribution is -2.51. The smallest absolute Gasteiger partial charge is 0.446 e. The van der Waals surface area contributed by atoms with Crippen molar-refractivity contribution in [1.29, 1.82) is 0 Å². The van der Waals surface area contributed by atoms with Crippen molar-refractivity contribution < 1.29 is 32.2 Å². The Bertz CT molecular complexity index is 1240. The number of fused-ring (bicyclic) bond motifs is 1. The molecule has 0 unspecified atom stereocenters. The zero-order valence-corrected chi connectivity index (χ0v) is 20.7. The van der Waals surface area contributed by atoms with Gasteiger partial charge in [-0.3, -0.25) is 14.3 Å². The predicted octanol–water partition coefficient (Wildman–Crippen LogP) is 5.04. The number of thioether (sulfide) groups is 1. The van der Waals surface area contributed by atoms with Gasteiger partial charge in [-0.15, -0.1) is 0 Å². The number of methoxy groups -OCH3 is 2. The molecule has 1 saturated heterocycles. The molecule has 1 aliphatic heterocycles. The number of amides is 1. The number of likely N-dealkylation sites (tertiary alicyclic amines) is 1. The fraction of sp³-hybridized carbons (Fsp3) is 0.400. The third-order valence-corrected chi connectivity index (χ3v) is 6.71. The van der Waals surface area contributed by atoms with E-state index in [1.54, 1.807) is 28.8 Å². The number of benzene rings is 2. The molecule has 0 aliphatic carbocycles. The number of hydrogen-bond acceptors (Lipinski definition) is 6. The lowest BCUT2D eigenvalue weighted by Gasteiger charge is -2.39. The molecule has 2 heterocycles. The maximum Gasteiger partial charge on any atom is 0.446 e. The Hall–Kier alpha value is -3.05. The molecule has 2 aromatic carbocycles. The molecular weight excluding hydrogens is 495 g/mol. The van der Waals surface area contributed by atoms with Crippen LogP contribution in [0.2, 0.25) is 0 Å². The van der Waals surface area contributed by atoms with Crippen LogP contribution < -0.4 is 4.74 Å². The number of halogens is 3. The molecule has 1 amide bonds. The molecule has 3 aromatic rings. The summed E-state index contributed by atoms with van der Waals surface area (Å²) in [5, 5.41) is 5.34. The number of ketones is 1. The molecule has 0 radical (unpaired) electrons. The van der Waals surface area contributed by atoms with E-state index in [9.17, 15) is 22.8 Å². The van der Waals surface area contributed by atoms with E-state index in [1.807, 2.05) is 6.20 Å². The third kappa shape index (κ3) is 6.01. The van der Waals surface area contributed by atoms with Crippen LogP contribution >= 0.6 is 11.8 Å². The van der Waals surface area contributed by atoms with Crippen LogP contribution in [0.4, 0.5) is 13.2 Å². The summed E-state index contributed by atoms with van der Waals surface area (Å²) < 4.78 is 49.8. The monoisotopic (exact) mass is 521 g/mol. The van der Waals surface area contributed by atoms with Gasteiger partial charge in [0.25, 0.3) is 5.91 Å². The highest BCUT2D eigenvalue weighted by atomic mass is 32.2. The number of carbonyl (C=O) groups is 2. The first kappa shape index (κ1) is 26.0. The zero-order valence-electron chi connectivity index (χ0n) is 19.9. The number of Topliss-reactive ketones (excluding diaryl/α,β-unsaturated/α-hetero) is 1. The second kappa shape index (κ2) is 10.9. The second-order valence-electron chi connectivity index (χ2n) is 8.60. The van der Waals surface area contributed by atoms with Crippen molar-refractivity contribution in [2.75, 3.05) is 33.9 Å². The topological polar surface area (TPSA) is 73.7 Å². The van der Waals surface area contributed by atoms with Gasteiger partial charge in [0.2, 0.25) is 0 Å². The van der Waals surface area contributed by atoms with Gasteiger partial charge in [0.15, 0.2) is 5.78 Å². The second-order valence-corrected chi connectivity index (χ2v) is 9.74. The predicted molar refractivity (Wildman–Crippen MR) is 129 cm³/mol. The van der Waals surface area contributed by atoms with Crippen LogP contribution in [-0.2, 0) is 11.3 Å². The van der Waals surface area contributed by atoms with Crippen molar-refractivity contribution in [2.24, 2.45) is 5.92 Å². The fourth-order valence-corrected chi connectivity index (χ4v) is 4.80. The van der Waals surface area contributed by atoms with Crippen molar-refractivity contribution in [3.8, 4) is 5.75 Å². The Labute approximate surface area is 210 Å². The van der Waals surface area contributed by atoms with Gasteiger partial charge in [-0.05, 0) is 54.6 Å². The lowest BCUT2D eigenvalue weighted by molar-refractivity contribution is -0.0328. The summed E-state index contributed by atoms with van der Waals surface area (Å²) in [4.78, 5) is 27.0. The van der Waals surface area contributed by atoms with Crippen LogP contribution in [0.3, 0.4) is 0 Å². The van der Waals surface area contributed by atoms with E-state index in [4.69, 9.17) is 9.47 Å². The maximum atomic E-state index is 12.7. The quantitative estimate of drug-likeness (QED) is 0.212. The molecule has 1 aromatic heterocycles. The van der Waals surface area contributed by atoms with E-state index in [0.29, 0.717) is 61.5 Å². The minimum Gasteiger partial charge on any atom is -0.495 e. The summed E-state index contributed by atoms with van der Waals surface area (Å²) in [7, 11) is 3.13. The van der Waals surface area contributed by atoms with Gasteiger partial charge in [-0.2, -0.15) is 18.3 Å². The largest absolute Gasteiger partial charge is 0.495 e. The number of carbonyl (C=O) groups excluding carboxylic acids is 2. The molecular formula is C25H26F3N3O4S. The normalized spacial score (nSPS) is 14.2. The van der Waals surface area contributed by atoms with Crippen LogP contribution in [0.5, 0.6) is 5.75 Å². The Balaban J connectivity index is 1.37. The summed E-state index contributed by atoms with van der Waals surface area (Å²) in [5.74, 6) is 0.457. The third-order valence-electron chi connectivity index (χ3n) is 5.97. The number of aromatic nitrogens is 2. The zero-order chi connectivity index (χ0) is 25.9. The van der Waals surface area contributed by atoms with E-state index in [-0.39, 0.29) is 34.3 Å². The van der Waals surface area contributed by atoms with Gasteiger partial charge in [0, 0.05) is 62.3 Å². The molecule has 7 nitrogen and oxygen atoms in total. The minimum absolute atomic E-state index is 0.0169. The highest BCUT2D eigenvalue weighted by molar-refractivity contribution is 8.00. The Kier molecular flexibility index (Phi) is 7.89. The lowest BCUT2D eigenvalue weighted by atomic mass is 9.99. The molecule has 0 bridgehead atoms. The molecule has 192 valence electrons. The molecule has 0 spiro atoms. The van der Waals surface area contributed by atoms with Crippen molar-refractivity contribution >= 4 is 34.4 Å². The summed E-state index contributed by atoms with van der Waals surface area (Å²) >= 11 is -0.206. The molecule has 1 fully saturated rings. The first-order valence-corrected chi connectivity index (χ1v) is 12.2. The van der Waals surface area contributed by atoms with Gasteiger partial charge in [0.05, 0.1) is 23.6 Å². The summed E-state index contributed by atoms with van der Waals surface area (Å²) in [6.07, 6.45) is 2.84. The van der Waals surface area contributed by atoms with Crippen LogP contribution in [0.15, 0.2) is 47.5 Å². The molecule has 0 N–H and O–H groups in total. The van der Waals surface area contributed by atoms with Crippen molar-refractivity contribution in [2.45, 2.75) is 29.8 Å². The summed E-state index contributed by atoms with van der Waals surface area (Å²) in [6.45, 7) is 2.14. The van der Waals surface area contributed by atoms with Gasteiger partial charge in [-0.25, -0.2) is 0 Å². The molecule has 36 heavy (non-hydrogen) atoms. The molecule has 11 heteroatoms. The van der Waals surface area contributed by atoms with Crippen molar-refractivity contribution in [3.05, 3.63) is 53.7 Å². The number of rotatable bonds is 10. The van der Waals surface area contributed by atoms with E-state index in [2.05, 4.69) is 5.10 Å². The average Bonchev–Trinajstić information content (AvgIpc) is 3.22. The number of alkyl halides is 3. The highest BCUT2D eigenvalue weighted by Crippen LogP contribution is 2.37. The van der Waals surface area contributed by atoms with E-state index >= 15 is 0 Å². The SMILES string of the molecule is COCCCC(=O)c1ccc2nn(CC3CN(C(=O)c4ccc(SC(F)(F)F)cc4)C3)cc2c1OC. The van der Waals surface area contributed by atoms with Crippen LogP contribution in [0, 0.1) is 5.92 Å². The molecule has 0 saturated carbocycles. The van der Waals surface area contributed by atoms with Crippen LogP contribution in [0.25, 0.3) is 10.9 Å². The molecule has 4 rings (SSSR count). The highest BCUT2D eigenvalue weighted by Gasteiger charge is 2.32.